The Morgan fingerprint density at radius 3 is 3.07 bits per heavy atom. The summed E-state index contributed by atoms with van der Waals surface area (Å²) < 4.78 is 1.50. The van der Waals surface area contributed by atoms with Gasteiger partial charge in [0.15, 0.2) is 0 Å². The highest BCUT2D eigenvalue weighted by atomic mass is 16.2. The van der Waals surface area contributed by atoms with E-state index in [1.54, 1.807) is 0 Å². The molecule has 0 aliphatic rings. The van der Waals surface area contributed by atoms with Crippen LogP contribution in [0.15, 0.2) is 24.3 Å². The van der Waals surface area contributed by atoms with Crippen molar-refractivity contribution in [1.82, 2.24) is 20.4 Å². The van der Waals surface area contributed by atoms with Gasteiger partial charge in [-0.2, -0.15) is 0 Å². The van der Waals surface area contributed by atoms with Crippen molar-refractivity contribution in [3.63, 3.8) is 0 Å². The molecule has 6 heteroatoms. The summed E-state index contributed by atoms with van der Waals surface area (Å²) in [6.07, 6.45) is 0. The summed E-state index contributed by atoms with van der Waals surface area (Å²) >= 11 is 0. The van der Waals surface area contributed by atoms with Crippen LogP contribution in [0.4, 0.5) is 0 Å². The smallest absolute Gasteiger partial charge is 0.255 e. The number of para-hydroxylation sites is 1. The third-order valence-corrected chi connectivity index (χ3v) is 1.87. The van der Waals surface area contributed by atoms with Crippen LogP contribution in [-0.2, 0) is 11.3 Å². The molecule has 1 amide bonds. The third kappa shape index (κ3) is 1.42. The molecule has 1 aromatic carbocycles. The number of nitrogens with zero attached hydrogens (tertiary/aromatic N) is 3. The fourth-order valence-electron chi connectivity index (χ4n) is 1.22. The Bertz CT molecular complexity index is 463. The Kier molecular flexibility index (Phi) is 2.11. The molecular formula is C8H9N5O. The standard InChI is InChI=1S/C8H9N5O/c9-10-8(14)5-13-7-4-2-1-3-6(7)11-12-13/h1-4H,5,9H2,(H,10,14). The van der Waals surface area contributed by atoms with Crippen molar-refractivity contribution in [2.45, 2.75) is 6.54 Å². The van der Waals surface area contributed by atoms with Crippen LogP contribution < -0.4 is 11.3 Å². The minimum Gasteiger partial charge on any atom is -0.293 e. The number of aromatic nitrogens is 3. The maximum Gasteiger partial charge on any atom is 0.255 e. The highest BCUT2D eigenvalue weighted by Crippen LogP contribution is 2.08. The van der Waals surface area contributed by atoms with Crippen LogP contribution in [-0.4, -0.2) is 20.9 Å². The Balaban J connectivity index is 2.38. The summed E-state index contributed by atoms with van der Waals surface area (Å²) in [5.74, 6) is 4.67. The molecule has 0 spiro atoms. The largest absolute Gasteiger partial charge is 0.293 e. The first-order valence-corrected chi connectivity index (χ1v) is 4.09. The summed E-state index contributed by atoms with van der Waals surface area (Å²) in [6.45, 7) is 0.0804. The first-order valence-electron chi connectivity index (χ1n) is 4.09. The van der Waals surface area contributed by atoms with E-state index in [9.17, 15) is 4.79 Å². The molecule has 0 aliphatic heterocycles. The average molecular weight is 191 g/mol. The SMILES string of the molecule is NNC(=O)Cn1nnc2ccccc21. The molecule has 0 saturated heterocycles. The molecule has 0 saturated carbocycles. The number of nitrogens with one attached hydrogen (secondary N) is 1. The van der Waals surface area contributed by atoms with E-state index >= 15 is 0 Å². The molecule has 1 aromatic heterocycles. The Morgan fingerprint density at radius 2 is 2.29 bits per heavy atom. The van der Waals surface area contributed by atoms with Crippen molar-refractivity contribution in [2.24, 2.45) is 5.84 Å². The predicted octanol–water partition coefficient (Wildman–Crippen LogP) is -0.579. The molecule has 3 N–H and O–H groups in total. The second-order valence-electron chi connectivity index (χ2n) is 2.80. The molecule has 6 nitrogen and oxygen atoms in total. The summed E-state index contributed by atoms with van der Waals surface area (Å²) in [5.41, 5.74) is 3.62. The Morgan fingerprint density at radius 1 is 1.50 bits per heavy atom. The fourth-order valence-corrected chi connectivity index (χ4v) is 1.22. The van der Waals surface area contributed by atoms with Gasteiger partial charge in [-0.05, 0) is 12.1 Å². The number of amides is 1. The first-order chi connectivity index (χ1) is 6.81. The quantitative estimate of drug-likeness (QED) is 0.378. The number of rotatable bonds is 2. The van der Waals surface area contributed by atoms with Crippen LogP contribution in [0.2, 0.25) is 0 Å². The van der Waals surface area contributed by atoms with Gasteiger partial charge in [0.25, 0.3) is 5.91 Å². The van der Waals surface area contributed by atoms with Gasteiger partial charge in [-0.1, -0.05) is 17.3 Å². The third-order valence-electron chi connectivity index (χ3n) is 1.87. The van der Waals surface area contributed by atoms with Crippen LogP contribution in [0.5, 0.6) is 0 Å². The van der Waals surface area contributed by atoms with Gasteiger partial charge in [0.2, 0.25) is 0 Å². The van der Waals surface area contributed by atoms with Crippen LogP contribution in [0.25, 0.3) is 11.0 Å². The maximum absolute atomic E-state index is 11.0. The lowest BCUT2D eigenvalue weighted by Gasteiger charge is -1.99. The lowest BCUT2D eigenvalue weighted by atomic mass is 10.3. The monoisotopic (exact) mass is 191 g/mol. The lowest BCUT2D eigenvalue weighted by molar-refractivity contribution is -0.121. The second kappa shape index (κ2) is 3.43. The minimum absolute atomic E-state index is 0.0804. The van der Waals surface area contributed by atoms with Crippen molar-refractivity contribution in [2.75, 3.05) is 0 Å². The highest BCUT2D eigenvalue weighted by molar-refractivity contribution is 5.79. The molecule has 0 fully saturated rings. The van der Waals surface area contributed by atoms with Gasteiger partial charge in [0.1, 0.15) is 12.1 Å². The summed E-state index contributed by atoms with van der Waals surface area (Å²) in [4.78, 5) is 11.0. The number of hydrazine groups is 1. The Labute approximate surface area is 79.7 Å². The van der Waals surface area contributed by atoms with Gasteiger partial charge < -0.3 is 0 Å². The van der Waals surface area contributed by atoms with Crippen molar-refractivity contribution in [1.29, 1.82) is 0 Å². The summed E-state index contributed by atoms with van der Waals surface area (Å²) in [7, 11) is 0. The number of nitrogens with two attached hydrogens (primary N) is 1. The van der Waals surface area contributed by atoms with E-state index in [2.05, 4.69) is 10.3 Å². The average Bonchev–Trinajstić information content (AvgIpc) is 2.62. The molecule has 72 valence electrons. The van der Waals surface area contributed by atoms with E-state index in [0.717, 1.165) is 11.0 Å². The Hall–Kier alpha value is -1.95. The minimum atomic E-state index is -0.305. The molecular weight excluding hydrogens is 182 g/mol. The highest BCUT2D eigenvalue weighted by Gasteiger charge is 2.06. The molecule has 14 heavy (non-hydrogen) atoms. The van der Waals surface area contributed by atoms with E-state index in [4.69, 9.17) is 5.84 Å². The topological polar surface area (TPSA) is 85.8 Å². The second-order valence-corrected chi connectivity index (χ2v) is 2.80. The van der Waals surface area contributed by atoms with Gasteiger partial charge in [-0.3, -0.25) is 10.2 Å². The van der Waals surface area contributed by atoms with Crippen molar-refractivity contribution < 1.29 is 4.79 Å². The number of hydrogen-bond acceptors (Lipinski definition) is 4. The van der Waals surface area contributed by atoms with Gasteiger partial charge in [-0.15, -0.1) is 5.10 Å². The molecule has 2 aromatic rings. The normalized spacial score (nSPS) is 10.4. The van der Waals surface area contributed by atoms with E-state index < -0.39 is 0 Å². The molecule has 1 heterocycles. The molecule has 0 atom stereocenters. The van der Waals surface area contributed by atoms with Crippen LogP contribution >= 0.6 is 0 Å². The predicted molar refractivity (Wildman–Crippen MR) is 49.9 cm³/mol. The van der Waals surface area contributed by atoms with Crippen LogP contribution in [0, 0.1) is 0 Å². The number of carbonyl (C=O) groups excluding carboxylic acids is 1. The molecule has 0 unspecified atom stereocenters. The van der Waals surface area contributed by atoms with E-state index in [1.807, 2.05) is 29.7 Å². The van der Waals surface area contributed by atoms with E-state index in [-0.39, 0.29) is 12.5 Å². The van der Waals surface area contributed by atoms with Gasteiger partial charge >= 0.3 is 0 Å². The molecule has 0 bridgehead atoms. The van der Waals surface area contributed by atoms with Crippen molar-refractivity contribution in [3.8, 4) is 0 Å². The molecule has 0 radical (unpaired) electrons. The number of carbonyl (C=O) groups is 1. The zero-order valence-electron chi connectivity index (χ0n) is 7.34. The van der Waals surface area contributed by atoms with Gasteiger partial charge in [0, 0.05) is 0 Å². The van der Waals surface area contributed by atoms with Crippen molar-refractivity contribution >= 4 is 16.9 Å². The van der Waals surface area contributed by atoms with E-state index in [0.29, 0.717) is 0 Å². The van der Waals surface area contributed by atoms with Gasteiger partial charge in [0.05, 0.1) is 5.52 Å². The molecule has 0 aliphatic carbocycles. The molecule has 2 rings (SSSR count). The van der Waals surface area contributed by atoms with Crippen LogP contribution in [0.3, 0.4) is 0 Å². The fraction of sp³-hybridized carbons (Fsp3) is 0.125. The number of fused-ring (bicyclic) bond motifs is 1. The summed E-state index contributed by atoms with van der Waals surface area (Å²) in [6, 6.07) is 7.41. The van der Waals surface area contributed by atoms with Crippen LogP contribution in [0.1, 0.15) is 0 Å². The van der Waals surface area contributed by atoms with E-state index in [1.165, 1.54) is 4.68 Å². The first kappa shape index (κ1) is 8.64. The van der Waals surface area contributed by atoms with Crippen molar-refractivity contribution in [3.05, 3.63) is 24.3 Å². The zero-order valence-corrected chi connectivity index (χ0v) is 7.34. The summed E-state index contributed by atoms with van der Waals surface area (Å²) in [5, 5.41) is 7.73. The number of benzene rings is 1. The van der Waals surface area contributed by atoms with Gasteiger partial charge in [-0.25, -0.2) is 10.5 Å². The number of hydrogen-bond donors (Lipinski definition) is 2. The maximum atomic E-state index is 11.0. The zero-order chi connectivity index (χ0) is 9.97. The lowest BCUT2D eigenvalue weighted by Crippen LogP contribution is -2.33.